The summed E-state index contributed by atoms with van der Waals surface area (Å²) in [6.07, 6.45) is -1.85. The van der Waals surface area contributed by atoms with Gasteiger partial charge in [0.2, 0.25) is 0 Å². The molecule has 0 saturated carbocycles. The summed E-state index contributed by atoms with van der Waals surface area (Å²) in [5, 5.41) is 28.8. The number of non-ortho nitro benzene ring substituents is 1. The van der Waals surface area contributed by atoms with Crippen LogP contribution in [0.15, 0.2) is 18.2 Å². The van der Waals surface area contributed by atoms with Crippen LogP contribution in [-0.4, -0.2) is 26.9 Å². The molecular weight excluding hydrogens is 242 g/mol. The standard InChI is InChI=1S/C11H11NO6/c1-2-9(13)7-4-3-6(12(17)18)5-8(7)10(14)11(15)16/h3-5,10,14H,2H2,1H3,(H,15,16). The highest BCUT2D eigenvalue weighted by Crippen LogP contribution is 2.25. The number of Topliss-reactive ketones (excluding diaryl/α,β-unsaturated/α-hetero) is 1. The number of carboxylic acid groups (broad SMARTS) is 1. The van der Waals surface area contributed by atoms with Crippen molar-refractivity contribution in [2.45, 2.75) is 19.4 Å². The van der Waals surface area contributed by atoms with E-state index in [0.29, 0.717) is 0 Å². The molecule has 0 aliphatic rings. The molecule has 2 N–H and O–H groups in total. The molecule has 1 unspecified atom stereocenters. The van der Waals surface area contributed by atoms with E-state index in [1.54, 1.807) is 6.92 Å². The largest absolute Gasteiger partial charge is 0.479 e. The average molecular weight is 253 g/mol. The first-order valence-electron chi connectivity index (χ1n) is 5.10. The van der Waals surface area contributed by atoms with Gasteiger partial charge in [-0.2, -0.15) is 0 Å². The number of nitrogens with zero attached hydrogens (tertiary/aromatic N) is 1. The number of benzene rings is 1. The fourth-order valence-electron chi connectivity index (χ4n) is 1.47. The fraction of sp³-hybridized carbons (Fsp3) is 0.273. The number of aliphatic hydroxyl groups is 1. The third-order valence-corrected chi connectivity index (χ3v) is 2.40. The Morgan fingerprint density at radius 3 is 2.50 bits per heavy atom. The molecule has 0 saturated heterocycles. The number of carbonyl (C=O) groups excluding carboxylic acids is 1. The van der Waals surface area contributed by atoms with Gasteiger partial charge in [-0.3, -0.25) is 14.9 Å². The van der Waals surface area contributed by atoms with Crippen LogP contribution in [-0.2, 0) is 4.79 Å². The monoisotopic (exact) mass is 253 g/mol. The third-order valence-electron chi connectivity index (χ3n) is 2.40. The normalized spacial score (nSPS) is 11.9. The number of carboxylic acids is 1. The number of rotatable bonds is 5. The Balaban J connectivity index is 3.39. The summed E-state index contributed by atoms with van der Waals surface area (Å²) in [6, 6.07) is 3.16. The van der Waals surface area contributed by atoms with Gasteiger partial charge in [-0.1, -0.05) is 6.92 Å². The van der Waals surface area contributed by atoms with Crippen LogP contribution in [0.1, 0.15) is 35.4 Å². The molecule has 0 amide bonds. The van der Waals surface area contributed by atoms with Crippen molar-refractivity contribution in [3.63, 3.8) is 0 Å². The highest BCUT2D eigenvalue weighted by molar-refractivity contribution is 5.98. The van der Waals surface area contributed by atoms with Crippen LogP contribution in [0.25, 0.3) is 0 Å². The maximum atomic E-state index is 11.6. The van der Waals surface area contributed by atoms with Crippen LogP contribution >= 0.6 is 0 Å². The van der Waals surface area contributed by atoms with Crippen molar-refractivity contribution in [1.82, 2.24) is 0 Å². The zero-order valence-electron chi connectivity index (χ0n) is 9.49. The third kappa shape index (κ3) is 2.69. The van der Waals surface area contributed by atoms with Gasteiger partial charge in [-0.05, 0) is 6.07 Å². The quantitative estimate of drug-likeness (QED) is 0.464. The minimum atomic E-state index is -1.96. The zero-order valence-corrected chi connectivity index (χ0v) is 9.49. The number of ketones is 1. The van der Waals surface area contributed by atoms with E-state index < -0.39 is 17.0 Å². The van der Waals surface area contributed by atoms with E-state index in [2.05, 4.69) is 0 Å². The summed E-state index contributed by atoms with van der Waals surface area (Å²) in [5.41, 5.74) is -0.653. The van der Waals surface area contributed by atoms with E-state index in [0.717, 1.165) is 18.2 Å². The van der Waals surface area contributed by atoms with Crippen molar-refractivity contribution in [3.05, 3.63) is 39.4 Å². The Morgan fingerprint density at radius 2 is 2.06 bits per heavy atom. The number of hydrogen-bond donors (Lipinski definition) is 2. The van der Waals surface area contributed by atoms with Crippen molar-refractivity contribution in [2.24, 2.45) is 0 Å². The molecule has 0 radical (unpaired) electrons. The molecule has 1 atom stereocenters. The molecule has 18 heavy (non-hydrogen) atoms. The first-order valence-corrected chi connectivity index (χ1v) is 5.10. The molecule has 0 fully saturated rings. The highest BCUT2D eigenvalue weighted by atomic mass is 16.6. The van der Waals surface area contributed by atoms with E-state index in [9.17, 15) is 24.8 Å². The zero-order chi connectivity index (χ0) is 13.9. The minimum Gasteiger partial charge on any atom is -0.479 e. The molecule has 0 bridgehead atoms. The summed E-state index contributed by atoms with van der Waals surface area (Å²) in [5.74, 6) is -1.96. The average Bonchev–Trinajstić information content (AvgIpc) is 2.35. The number of aliphatic carboxylic acids is 1. The van der Waals surface area contributed by atoms with Gasteiger partial charge < -0.3 is 10.2 Å². The summed E-state index contributed by atoms with van der Waals surface area (Å²) >= 11 is 0. The Labute approximate surface area is 102 Å². The molecule has 0 aliphatic heterocycles. The van der Waals surface area contributed by atoms with Crippen molar-refractivity contribution < 1.29 is 24.7 Å². The Morgan fingerprint density at radius 1 is 1.44 bits per heavy atom. The number of nitro benzene ring substituents is 1. The first-order chi connectivity index (χ1) is 8.38. The lowest BCUT2D eigenvalue weighted by Gasteiger charge is -2.10. The SMILES string of the molecule is CCC(=O)c1ccc([N+](=O)[O-])cc1C(O)C(=O)O. The van der Waals surface area contributed by atoms with Crippen LogP contribution in [0, 0.1) is 10.1 Å². The lowest BCUT2D eigenvalue weighted by molar-refractivity contribution is -0.385. The van der Waals surface area contributed by atoms with Crippen LogP contribution < -0.4 is 0 Å². The van der Waals surface area contributed by atoms with Gasteiger partial charge in [0.25, 0.3) is 5.69 Å². The summed E-state index contributed by atoms with van der Waals surface area (Å²) < 4.78 is 0. The van der Waals surface area contributed by atoms with Gasteiger partial charge in [0, 0.05) is 29.7 Å². The van der Waals surface area contributed by atoms with Crippen LogP contribution in [0.4, 0.5) is 5.69 Å². The number of carbonyl (C=O) groups is 2. The predicted molar refractivity (Wildman–Crippen MR) is 60.3 cm³/mol. The molecule has 1 rings (SSSR count). The van der Waals surface area contributed by atoms with Gasteiger partial charge in [0.05, 0.1) is 4.92 Å². The predicted octanol–water partition coefficient (Wildman–Crippen LogP) is 1.31. The molecule has 1 aromatic rings. The summed E-state index contributed by atoms with van der Waals surface area (Å²) in [4.78, 5) is 32.1. The molecule has 7 heteroatoms. The molecule has 0 aromatic heterocycles. The van der Waals surface area contributed by atoms with Crippen molar-refractivity contribution in [2.75, 3.05) is 0 Å². The molecule has 0 spiro atoms. The van der Waals surface area contributed by atoms with Crippen molar-refractivity contribution >= 4 is 17.4 Å². The van der Waals surface area contributed by atoms with Crippen molar-refractivity contribution in [1.29, 1.82) is 0 Å². The van der Waals surface area contributed by atoms with E-state index >= 15 is 0 Å². The van der Waals surface area contributed by atoms with Crippen LogP contribution in [0.2, 0.25) is 0 Å². The van der Waals surface area contributed by atoms with Gasteiger partial charge in [0.15, 0.2) is 11.9 Å². The van der Waals surface area contributed by atoms with Gasteiger partial charge in [0.1, 0.15) is 0 Å². The molecule has 7 nitrogen and oxygen atoms in total. The topological polar surface area (TPSA) is 118 Å². The summed E-state index contributed by atoms with van der Waals surface area (Å²) in [7, 11) is 0. The van der Waals surface area contributed by atoms with Gasteiger partial charge in [-0.25, -0.2) is 4.79 Å². The van der Waals surface area contributed by atoms with E-state index in [1.807, 2.05) is 0 Å². The maximum Gasteiger partial charge on any atom is 0.337 e. The number of hydrogen-bond acceptors (Lipinski definition) is 5. The Hall–Kier alpha value is -2.28. The van der Waals surface area contributed by atoms with E-state index in [4.69, 9.17) is 5.11 Å². The van der Waals surface area contributed by atoms with Gasteiger partial charge >= 0.3 is 5.97 Å². The minimum absolute atomic E-state index is 0.0157. The Kier molecular flexibility index (Phi) is 4.11. The first kappa shape index (κ1) is 13.8. The Bertz CT molecular complexity index is 510. The second-order valence-electron chi connectivity index (χ2n) is 3.55. The van der Waals surface area contributed by atoms with E-state index in [1.165, 1.54) is 0 Å². The lowest BCUT2D eigenvalue weighted by Crippen LogP contribution is -2.15. The van der Waals surface area contributed by atoms with Gasteiger partial charge in [-0.15, -0.1) is 0 Å². The second-order valence-corrected chi connectivity index (χ2v) is 3.55. The second kappa shape index (κ2) is 5.37. The van der Waals surface area contributed by atoms with E-state index in [-0.39, 0.29) is 29.0 Å². The van der Waals surface area contributed by atoms with Crippen LogP contribution in [0.5, 0.6) is 0 Å². The van der Waals surface area contributed by atoms with Crippen molar-refractivity contribution in [3.8, 4) is 0 Å². The molecular formula is C11H11NO6. The molecule has 1 aromatic carbocycles. The molecule has 96 valence electrons. The smallest absolute Gasteiger partial charge is 0.337 e. The number of nitro groups is 1. The fourth-order valence-corrected chi connectivity index (χ4v) is 1.47. The highest BCUT2D eigenvalue weighted by Gasteiger charge is 2.24. The number of aliphatic hydroxyl groups excluding tert-OH is 1. The molecule has 0 aliphatic carbocycles. The maximum absolute atomic E-state index is 11.6. The lowest BCUT2D eigenvalue weighted by atomic mass is 9.97. The van der Waals surface area contributed by atoms with Crippen LogP contribution in [0.3, 0.4) is 0 Å². The summed E-state index contributed by atoms with van der Waals surface area (Å²) in [6.45, 7) is 1.57. The molecule has 0 heterocycles.